The molecule has 0 radical (unpaired) electrons. The van der Waals surface area contributed by atoms with Crippen LogP contribution in [0.2, 0.25) is 0 Å². The molecule has 27 heavy (non-hydrogen) atoms. The summed E-state index contributed by atoms with van der Waals surface area (Å²) in [5, 5.41) is 6.21. The van der Waals surface area contributed by atoms with Gasteiger partial charge in [-0.2, -0.15) is 0 Å². The van der Waals surface area contributed by atoms with E-state index in [4.69, 9.17) is 0 Å². The van der Waals surface area contributed by atoms with Crippen LogP contribution in [0.25, 0.3) is 0 Å². The normalized spacial score (nSPS) is 10.7. The summed E-state index contributed by atoms with van der Waals surface area (Å²) >= 11 is 0. The number of hydrogen-bond donors (Lipinski definition) is 2. The van der Waals surface area contributed by atoms with Gasteiger partial charge in [-0.3, -0.25) is 9.78 Å². The predicted octanol–water partition coefficient (Wildman–Crippen LogP) is 4.17. The Hall–Kier alpha value is -3.28. The lowest BCUT2D eigenvalue weighted by Gasteiger charge is -2.16. The monoisotopic (exact) mass is 361 g/mol. The van der Waals surface area contributed by atoms with Crippen LogP contribution in [0.15, 0.2) is 55.1 Å². The Bertz CT molecular complexity index is 925. The minimum absolute atomic E-state index is 0.249. The number of para-hydroxylation sites is 1. The molecule has 0 fully saturated rings. The summed E-state index contributed by atoms with van der Waals surface area (Å²) in [6, 6.07) is 11.5. The SMILES string of the molecule is Cc1cccc(C(C)C)c1NC(=O)c1cc(NCc2ccncc2)ncn1. The van der Waals surface area contributed by atoms with Gasteiger partial charge in [0.05, 0.1) is 0 Å². The molecule has 0 saturated heterocycles. The predicted molar refractivity (Wildman–Crippen MR) is 107 cm³/mol. The van der Waals surface area contributed by atoms with Crippen molar-refractivity contribution in [2.75, 3.05) is 10.6 Å². The maximum Gasteiger partial charge on any atom is 0.274 e. The molecule has 138 valence electrons. The number of benzene rings is 1. The van der Waals surface area contributed by atoms with E-state index in [9.17, 15) is 4.79 Å². The molecule has 0 bridgehead atoms. The van der Waals surface area contributed by atoms with Crippen molar-refractivity contribution in [3.05, 3.63) is 77.5 Å². The summed E-state index contributed by atoms with van der Waals surface area (Å²) in [5.41, 5.74) is 4.38. The van der Waals surface area contributed by atoms with Crippen molar-refractivity contribution in [1.82, 2.24) is 15.0 Å². The molecule has 2 aromatic heterocycles. The Balaban J connectivity index is 1.74. The van der Waals surface area contributed by atoms with E-state index in [-0.39, 0.29) is 5.91 Å². The summed E-state index contributed by atoms with van der Waals surface area (Å²) in [4.78, 5) is 25.0. The van der Waals surface area contributed by atoms with E-state index < -0.39 is 0 Å². The Morgan fingerprint density at radius 2 is 1.89 bits per heavy atom. The summed E-state index contributed by atoms with van der Waals surface area (Å²) in [6.45, 7) is 6.80. The molecule has 0 aliphatic carbocycles. The fraction of sp³-hybridized carbons (Fsp3) is 0.238. The first-order valence-corrected chi connectivity index (χ1v) is 8.90. The second-order valence-electron chi connectivity index (χ2n) is 6.65. The number of nitrogens with zero attached hydrogens (tertiary/aromatic N) is 3. The average Bonchev–Trinajstić information content (AvgIpc) is 2.68. The second-order valence-corrected chi connectivity index (χ2v) is 6.65. The molecule has 0 aliphatic heterocycles. The van der Waals surface area contributed by atoms with Crippen molar-refractivity contribution in [3.63, 3.8) is 0 Å². The molecule has 3 aromatic rings. The van der Waals surface area contributed by atoms with Gasteiger partial charge in [-0.1, -0.05) is 32.0 Å². The van der Waals surface area contributed by atoms with Crippen molar-refractivity contribution in [2.45, 2.75) is 33.2 Å². The van der Waals surface area contributed by atoms with Crippen LogP contribution in [0.1, 0.15) is 46.9 Å². The van der Waals surface area contributed by atoms with E-state index in [1.165, 1.54) is 6.33 Å². The van der Waals surface area contributed by atoms with Gasteiger partial charge in [0.15, 0.2) is 0 Å². The highest BCUT2D eigenvalue weighted by molar-refractivity contribution is 6.04. The van der Waals surface area contributed by atoms with Gasteiger partial charge in [0.25, 0.3) is 5.91 Å². The van der Waals surface area contributed by atoms with Gasteiger partial charge in [0.2, 0.25) is 0 Å². The third-order valence-electron chi connectivity index (χ3n) is 4.29. The molecule has 0 unspecified atom stereocenters. The van der Waals surface area contributed by atoms with Crippen LogP contribution in [0.5, 0.6) is 0 Å². The number of amides is 1. The summed E-state index contributed by atoms with van der Waals surface area (Å²) < 4.78 is 0. The molecule has 1 amide bonds. The topological polar surface area (TPSA) is 79.8 Å². The summed E-state index contributed by atoms with van der Waals surface area (Å²) in [5.74, 6) is 0.657. The first-order chi connectivity index (χ1) is 13.0. The smallest absolute Gasteiger partial charge is 0.274 e. The van der Waals surface area contributed by atoms with Crippen molar-refractivity contribution >= 4 is 17.4 Å². The second kappa shape index (κ2) is 8.40. The minimum Gasteiger partial charge on any atom is -0.366 e. The highest BCUT2D eigenvalue weighted by Gasteiger charge is 2.15. The number of aromatic nitrogens is 3. The lowest BCUT2D eigenvalue weighted by atomic mass is 9.98. The van der Waals surface area contributed by atoms with Crippen LogP contribution in [-0.2, 0) is 6.54 Å². The van der Waals surface area contributed by atoms with Crippen LogP contribution in [0.4, 0.5) is 11.5 Å². The molecule has 2 N–H and O–H groups in total. The van der Waals surface area contributed by atoms with Crippen molar-refractivity contribution in [2.24, 2.45) is 0 Å². The van der Waals surface area contributed by atoms with Gasteiger partial charge in [0, 0.05) is 30.7 Å². The molecule has 0 atom stereocenters. The number of rotatable bonds is 6. The zero-order valence-corrected chi connectivity index (χ0v) is 15.7. The fourth-order valence-corrected chi connectivity index (χ4v) is 2.79. The van der Waals surface area contributed by atoms with Crippen LogP contribution in [-0.4, -0.2) is 20.9 Å². The Morgan fingerprint density at radius 3 is 2.63 bits per heavy atom. The van der Waals surface area contributed by atoms with E-state index in [2.05, 4.69) is 39.4 Å². The molecule has 0 aliphatic rings. The van der Waals surface area contributed by atoms with Crippen molar-refractivity contribution < 1.29 is 4.79 Å². The molecule has 2 heterocycles. The molecular weight excluding hydrogens is 338 g/mol. The number of hydrogen-bond acceptors (Lipinski definition) is 5. The zero-order valence-electron chi connectivity index (χ0n) is 15.7. The van der Waals surface area contributed by atoms with Gasteiger partial charge in [-0.15, -0.1) is 0 Å². The molecular formula is C21H23N5O. The number of carbonyl (C=O) groups is 1. The summed E-state index contributed by atoms with van der Waals surface area (Å²) in [7, 11) is 0. The minimum atomic E-state index is -0.249. The van der Waals surface area contributed by atoms with Gasteiger partial charge < -0.3 is 10.6 Å². The zero-order chi connectivity index (χ0) is 19.2. The lowest BCUT2D eigenvalue weighted by molar-refractivity contribution is 0.102. The molecule has 1 aromatic carbocycles. The number of nitrogens with one attached hydrogen (secondary N) is 2. The van der Waals surface area contributed by atoms with Crippen LogP contribution >= 0.6 is 0 Å². The summed E-state index contributed by atoms with van der Waals surface area (Å²) in [6.07, 6.45) is 4.87. The number of anilines is 2. The van der Waals surface area contributed by atoms with Gasteiger partial charge >= 0.3 is 0 Å². The van der Waals surface area contributed by atoms with Crippen LogP contribution < -0.4 is 10.6 Å². The van der Waals surface area contributed by atoms with Crippen LogP contribution in [0, 0.1) is 6.92 Å². The van der Waals surface area contributed by atoms with E-state index in [0.717, 1.165) is 22.4 Å². The molecule has 6 heteroatoms. The standard InChI is InChI=1S/C21H23N5O/c1-14(2)17-6-4-5-15(3)20(17)26-21(27)18-11-19(25-13-24-18)23-12-16-7-9-22-10-8-16/h4-11,13-14H,12H2,1-3H3,(H,26,27)(H,23,24,25). The third kappa shape index (κ3) is 4.67. The molecule has 0 saturated carbocycles. The lowest BCUT2D eigenvalue weighted by Crippen LogP contribution is -2.17. The highest BCUT2D eigenvalue weighted by atomic mass is 16.1. The highest BCUT2D eigenvalue weighted by Crippen LogP contribution is 2.27. The van der Waals surface area contributed by atoms with Crippen molar-refractivity contribution in [1.29, 1.82) is 0 Å². The maximum absolute atomic E-state index is 12.7. The maximum atomic E-state index is 12.7. The van der Waals surface area contributed by atoms with Crippen LogP contribution in [0.3, 0.4) is 0 Å². The van der Waals surface area contributed by atoms with Gasteiger partial charge in [-0.05, 0) is 41.7 Å². The first-order valence-electron chi connectivity index (χ1n) is 8.90. The fourth-order valence-electron chi connectivity index (χ4n) is 2.79. The van der Waals surface area contributed by atoms with E-state index >= 15 is 0 Å². The van der Waals surface area contributed by atoms with Gasteiger partial charge in [0.1, 0.15) is 17.8 Å². The quantitative estimate of drug-likeness (QED) is 0.689. The third-order valence-corrected chi connectivity index (χ3v) is 4.29. The Morgan fingerprint density at radius 1 is 1.11 bits per heavy atom. The number of aryl methyl sites for hydroxylation is 1. The average molecular weight is 361 g/mol. The van der Waals surface area contributed by atoms with E-state index in [1.807, 2.05) is 37.3 Å². The van der Waals surface area contributed by atoms with Crippen molar-refractivity contribution in [3.8, 4) is 0 Å². The largest absolute Gasteiger partial charge is 0.366 e. The number of pyridine rings is 1. The molecule has 3 rings (SSSR count). The van der Waals surface area contributed by atoms with Gasteiger partial charge in [-0.25, -0.2) is 9.97 Å². The Kier molecular flexibility index (Phi) is 5.76. The Labute approximate surface area is 159 Å². The van der Waals surface area contributed by atoms with E-state index in [0.29, 0.717) is 24.0 Å². The first kappa shape index (κ1) is 18.5. The number of carbonyl (C=O) groups excluding carboxylic acids is 1. The van der Waals surface area contributed by atoms with E-state index in [1.54, 1.807) is 18.5 Å². The molecule has 0 spiro atoms. The molecule has 6 nitrogen and oxygen atoms in total.